The van der Waals surface area contributed by atoms with Crippen LogP contribution in [-0.2, 0) is 9.47 Å². The van der Waals surface area contributed by atoms with E-state index in [1.807, 2.05) is 28.8 Å². The van der Waals surface area contributed by atoms with Gasteiger partial charge in [0.05, 0.1) is 12.3 Å². The lowest BCUT2D eigenvalue weighted by atomic mass is 9.99. The second-order valence-electron chi connectivity index (χ2n) is 5.17. The van der Waals surface area contributed by atoms with Crippen LogP contribution in [0.25, 0.3) is 5.65 Å². The molecule has 0 amide bonds. The summed E-state index contributed by atoms with van der Waals surface area (Å²) in [6.07, 6.45) is 5.28. The van der Waals surface area contributed by atoms with E-state index < -0.39 is 0 Å². The third kappa shape index (κ3) is 2.85. The van der Waals surface area contributed by atoms with E-state index in [4.69, 9.17) is 9.47 Å². The fraction of sp³-hybridized carbons (Fsp3) is 0.533. The summed E-state index contributed by atoms with van der Waals surface area (Å²) in [6.45, 7) is 3.38. The molecule has 0 aliphatic carbocycles. The molecule has 108 valence electrons. The summed E-state index contributed by atoms with van der Waals surface area (Å²) in [7, 11) is 1.72. The molecule has 5 nitrogen and oxygen atoms in total. The molecule has 0 saturated carbocycles. The van der Waals surface area contributed by atoms with E-state index in [0.29, 0.717) is 5.92 Å². The average Bonchev–Trinajstić information content (AvgIpc) is 3.09. The highest BCUT2D eigenvalue weighted by Crippen LogP contribution is 2.33. The molecular weight excluding hydrogens is 254 g/mol. The van der Waals surface area contributed by atoms with Crippen molar-refractivity contribution >= 4 is 5.65 Å². The van der Waals surface area contributed by atoms with Crippen LogP contribution in [0.4, 0.5) is 0 Å². The lowest BCUT2D eigenvalue weighted by Crippen LogP contribution is -2.27. The van der Waals surface area contributed by atoms with Gasteiger partial charge < -0.3 is 19.2 Å². The van der Waals surface area contributed by atoms with Crippen LogP contribution in [-0.4, -0.2) is 42.8 Å². The number of imidazole rings is 1. The Balaban J connectivity index is 1.68. The molecule has 0 spiro atoms. The Morgan fingerprint density at radius 2 is 2.45 bits per heavy atom. The summed E-state index contributed by atoms with van der Waals surface area (Å²) in [4.78, 5) is 4.67. The van der Waals surface area contributed by atoms with Crippen LogP contribution in [0, 0.1) is 5.92 Å². The summed E-state index contributed by atoms with van der Waals surface area (Å²) in [5.41, 5.74) is 2.01. The van der Waals surface area contributed by atoms with Gasteiger partial charge in [0.25, 0.3) is 0 Å². The smallest absolute Gasteiger partial charge is 0.137 e. The largest absolute Gasteiger partial charge is 0.383 e. The number of hydrogen-bond donors (Lipinski definition) is 1. The topological polar surface area (TPSA) is 47.8 Å². The number of nitrogens with one attached hydrogen (secondary N) is 1. The minimum atomic E-state index is 0.102. The maximum Gasteiger partial charge on any atom is 0.137 e. The number of fused-ring (bicyclic) bond motifs is 1. The van der Waals surface area contributed by atoms with E-state index in [0.717, 1.165) is 44.1 Å². The predicted molar refractivity (Wildman–Crippen MR) is 76.7 cm³/mol. The Morgan fingerprint density at radius 3 is 3.30 bits per heavy atom. The van der Waals surface area contributed by atoms with Gasteiger partial charge in [0.1, 0.15) is 11.8 Å². The minimum Gasteiger partial charge on any atom is -0.383 e. The van der Waals surface area contributed by atoms with Gasteiger partial charge in [-0.05, 0) is 18.6 Å². The number of nitrogens with zero attached hydrogens (tertiary/aromatic N) is 2. The maximum atomic E-state index is 5.89. The van der Waals surface area contributed by atoms with Gasteiger partial charge in [0.15, 0.2) is 0 Å². The van der Waals surface area contributed by atoms with Crippen molar-refractivity contribution in [3.63, 3.8) is 0 Å². The molecule has 1 fully saturated rings. The van der Waals surface area contributed by atoms with Gasteiger partial charge in [-0.2, -0.15) is 0 Å². The first-order valence-corrected chi connectivity index (χ1v) is 7.13. The number of pyridine rings is 1. The monoisotopic (exact) mass is 275 g/mol. The van der Waals surface area contributed by atoms with Gasteiger partial charge in [-0.15, -0.1) is 0 Å². The molecule has 2 aromatic rings. The van der Waals surface area contributed by atoms with E-state index in [1.165, 1.54) is 0 Å². The molecular formula is C15H21N3O2. The van der Waals surface area contributed by atoms with Crippen LogP contribution < -0.4 is 5.32 Å². The number of hydrogen-bond acceptors (Lipinski definition) is 4. The summed E-state index contributed by atoms with van der Waals surface area (Å²) >= 11 is 0. The molecule has 2 atom stereocenters. The first-order chi connectivity index (χ1) is 9.88. The second-order valence-corrected chi connectivity index (χ2v) is 5.17. The lowest BCUT2D eigenvalue weighted by molar-refractivity contribution is 0.0869. The van der Waals surface area contributed by atoms with Gasteiger partial charge in [0.2, 0.25) is 0 Å². The van der Waals surface area contributed by atoms with Crippen LogP contribution in [0.15, 0.2) is 30.6 Å². The Bertz CT molecular complexity index is 522. The molecule has 1 aliphatic rings. The molecule has 2 aromatic heterocycles. The van der Waals surface area contributed by atoms with Gasteiger partial charge in [-0.3, -0.25) is 0 Å². The third-order valence-electron chi connectivity index (χ3n) is 3.78. The Morgan fingerprint density at radius 1 is 1.50 bits per heavy atom. The van der Waals surface area contributed by atoms with Crippen molar-refractivity contribution in [1.29, 1.82) is 0 Å². The van der Waals surface area contributed by atoms with Gasteiger partial charge in [0, 0.05) is 45.1 Å². The van der Waals surface area contributed by atoms with E-state index in [2.05, 4.69) is 16.5 Å². The molecule has 2 unspecified atom stereocenters. The van der Waals surface area contributed by atoms with Crippen LogP contribution in [0.3, 0.4) is 0 Å². The Hall–Kier alpha value is -1.43. The summed E-state index contributed by atoms with van der Waals surface area (Å²) in [6, 6.07) is 6.04. The van der Waals surface area contributed by atoms with Gasteiger partial charge >= 0.3 is 0 Å². The zero-order valence-corrected chi connectivity index (χ0v) is 11.8. The predicted octanol–water partition coefficient (Wildman–Crippen LogP) is 1.65. The molecule has 0 radical (unpaired) electrons. The fourth-order valence-corrected chi connectivity index (χ4v) is 2.72. The molecule has 1 N–H and O–H groups in total. The van der Waals surface area contributed by atoms with Crippen LogP contribution in [0.2, 0.25) is 0 Å². The number of ether oxygens (including phenoxy) is 2. The Kier molecular flexibility index (Phi) is 4.30. The molecule has 1 saturated heterocycles. The van der Waals surface area contributed by atoms with E-state index >= 15 is 0 Å². The van der Waals surface area contributed by atoms with Crippen molar-refractivity contribution in [2.24, 2.45) is 5.92 Å². The number of aromatic nitrogens is 2. The molecule has 0 bridgehead atoms. The molecule has 5 heteroatoms. The quantitative estimate of drug-likeness (QED) is 0.814. The van der Waals surface area contributed by atoms with Crippen molar-refractivity contribution in [2.45, 2.75) is 12.5 Å². The van der Waals surface area contributed by atoms with Crippen LogP contribution in [0.1, 0.15) is 18.2 Å². The highest BCUT2D eigenvalue weighted by atomic mass is 16.5. The van der Waals surface area contributed by atoms with E-state index in [-0.39, 0.29) is 6.10 Å². The van der Waals surface area contributed by atoms with Crippen molar-refractivity contribution < 1.29 is 9.47 Å². The van der Waals surface area contributed by atoms with Crippen LogP contribution in [0.5, 0.6) is 0 Å². The first-order valence-electron chi connectivity index (χ1n) is 7.13. The zero-order chi connectivity index (χ0) is 13.8. The van der Waals surface area contributed by atoms with E-state index in [9.17, 15) is 0 Å². The molecule has 20 heavy (non-hydrogen) atoms. The minimum absolute atomic E-state index is 0.102. The van der Waals surface area contributed by atoms with Crippen LogP contribution >= 0.6 is 0 Å². The molecule has 0 aromatic carbocycles. The fourth-order valence-electron chi connectivity index (χ4n) is 2.72. The lowest BCUT2D eigenvalue weighted by Gasteiger charge is -2.17. The second kappa shape index (κ2) is 6.35. The standard InChI is InChI=1S/C15H21N3O2/c1-19-9-6-16-10-12-5-8-20-15(12)13-11-18-7-3-2-4-14(18)17-13/h2-4,7,11-12,15-16H,5-6,8-10H2,1H3. The normalized spacial score (nSPS) is 22.6. The zero-order valence-electron chi connectivity index (χ0n) is 11.8. The van der Waals surface area contributed by atoms with Crippen molar-refractivity contribution in [1.82, 2.24) is 14.7 Å². The van der Waals surface area contributed by atoms with Crippen molar-refractivity contribution in [3.8, 4) is 0 Å². The molecule has 3 heterocycles. The summed E-state index contributed by atoms with van der Waals surface area (Å²) < 4.78 is 13.0. The SMILES string of the molecule is COCCNCC1CCOC1c1cn2ccccc2n1. The van der Waals surface area contributed by atoms with Crippen molar-refractivity contribution in [2.75, 3.05) is 33.4 Å². The Labute approximate surface area is 118 Å². The van der Waals surface area contributed by atoms with Crippen molar-refractivity contribution in [3.05, 3.63) is 36.3 Å². The summed E-state index contributed by atoms with van der Waals surface area (Å²) in [5.74, 6) is 0.483. The first kappa shape index (κ1) is 13.5. The number of rotatable bonds is 6. The number of methoxy groups -OCH3 is 1. The highest BCUT2D eigenvalue weighted by molar-refractivity contribution is 5.40. The third-order valence-corrected chi connectivity index (χ3v) is 3.78. The highest BCUT2D eigenvalue weighted by Gasteiger charge is 2.31. The average molecular weight is 275 g/mol. The maximum absolute atomic E-state index is 5.89. The summed E-state index contributed by atoms with van der Waals surface area (Å²) in [5, 5.41) is 3.42. The van der Waals surface area contributed by atoms with Gasteiger partial charge in [-0.25, -0.2) is 4.98 Å². The van der Waals surface area contributed by atoms with E-state index in [1.54, 1.807) is 7.11 Å². The van der Waals surface area contributed by atoms with Gasteiger partial charge in [-0.1, -0.05) is 6.07 Å². The molecule has 1 aliphatic heterocycles. The molecule has 3 rings (SSSR count).